The molecule has 20 heavy (non-hydrogen) atoms. The third-order valence-electron chi connectivity index (χ3n) is 2.92. The summed E-state index contributed by atoms with van der Waals surface area (Å²) in [5.41, 5.74) is 0.633. The maximum Gasteiger partial charge on any atom is 0.242 e. The fourth-order valence-corrected chi connectivity index (χ4v) is 3.31. The van der Waals surface area contributed by atoms with Crippen molar-refractivity contribution >= 4 is 15.7 Å². The zero-order valence-electron chi connectivity index (χ0n) is 12.3. The minimum Gasteiger partial charge on any atom is -0.384 e. The number of anilines is 1. The number of nitrogens with one attached hydrogen (secondary N) is 2. The third kappa shape index (κ3) is 4.77. The molecule has 114 valence electrons. The SMILES string of the molecule is CCCNc1ccccc1S(=O)(=O)NC(CC)COC. The van der Waals surface area contributed by atoms with Gasteiger partial charge in [0.2, 0.25) is 10.0 Å². The van der Waals surface area contributed by atoms with Gasteiger partial charge in [0.25, 0.3) is 0 Å². The molecule has 0 aromatic heterocycles. The van der Waals surface area contributed by atoms with Gasteiger partial charge >= 0.3 is 0 Å². The van der Waals surface area contributed by atoms with Crippen LogP contribution in [0.15, 0.2) is 29.2 Å². The smallest absolute Gasteiger partial charge is 0.242 e. The van der Waals surface area contributed by atoms with Crippen molar-refractivity contribution in [3.05, 3.63) is 24.3 Å². The molecule has 0 heterocycles. The van der Waals surface area contributed by atoms with Crippen LogP contribution in [0, 0.1) is 0 Å². The second-order valence-corrected chi connectivity index (χ2v) is 6.29. The third-order valence-corrected chi connectivity index (χ3v) is 4.50. The Balaban J connectivity index is 2.96. The molecule has 1 atom stereocenters. The highest BCUT2D eigenvalue weighted by Gasteiger charge is 2.21. The summed E-state index contributed by atoms with van der Waals surface area (Å²) in [6, 6.07) is 6.72. The molecule has 0 bridgehead atoms. The molecule has 5 nitrogen and oxygen atoms in total. The predicted molar refractivity (Wildman–Crippen MR) is 81.5 cm³/mol. The normalized spacial score (nSPS) is 13.2. The molecule has 0 aliphatic heterocycles. The van der Waals surface area contributed by atoms with E-state index < -0.39 is 10.0 Å². The Hall–Kier alpha value is -1.11. The number of hydrogen-bond donors (Lipinski definition) is 2. The van der Waals surface area contributed by atoms with Gasteiger partial charge in [0, 0.05) is 19.7 Å². The fourth-order valence-electron chi connectivity index (χ4n) is 1.83. The summed E-state index contributed by atoms with van der Waals surface area (Å²) in [6.07, 6.45) is 1.61. The molecule has 0 fully saturated rings. The maximum absolute atomic E-state index is 12.5. The molecular weight excluding hydrogens is 276 g/mol. The first-order chi connectivity index (χ1) is 9.55. The Morgan fingerprint density at radius 1 is 1.25 bits per heavy atom. The predicted octanol–water partition coefficient (Wildman–Crippen LogP) is 2.21. The van der Waals surface area contributed by atoms with Crippen LogP contribution in [0.2, 0.25) is 0 Å². The molecule has 0 amide bonds. The molecule has 1 aromatic rings. The molecule has 0 spiro atoms. The quantitative estimate of drug-likeness (QED) is 0.734. The van der Waals surface area contributed by atoms with Gasteiger partial charge < -0.3 is 10.1 Å². The Morgan fingerprint density at radius 3 is 2.55 bits per heavy atom. The van der Waals surface area contributed by atoms with Crippen molar-refractivity contribution in [2.75, 3.05) is 25.6 Å². The highest BCUT2D eigenvalue weighted by atomic mass is 32.2. The molecule has 6 heteroatoms. The largest absolute Gasteiger partial charge is 0.384 e. The molecule has 2 N–H and O–H groups in total. The number of rotatable bonds is 9. The van der Waals surface area contributed by atoms with E-state index >= 15 is 0 Å². The van der Waals surface area contributed by atoms with Crippen molar-refractivity contribution in [3.8, 4) is 0 Å². The minimum absolute atomic E-state index is 0.218. The van der Waals surface area contributed by atoms with Gasteiger partial charge in [0.05, 0.1) is 12.3 Å². The van der Waals surface area contributed by atoms with Gasteiger partial charge in [0.1, 0.15) is 4.90 Å². The number of hydrogen-bond acceptors (Lipinski definition) is 4. The Labute approximate surface area is 121 Å². The minimum atomic E-state index is -3.55. The first kappa shape index (κ1) is 16.9. The summed E-state index contributed by atoms with van der Waals surface area (Å²) < 4.78 is 32.6. The van der Waals surface area contributed by atoms with Gasteiger partial charge in [-0.05, 0) is 25.0 Å². The molecule has 0 radical (unpaired) electrons. The van der Waals surface area contributed by atoms with Crippen molar-refractivity contribution in [2.45, 2.75) is 37.6 Å². The van der Waals surface area contributed by atoms with E-state index in [0.717, 1.165) is 13.0 Å². The average Bonchev–Trinajstić information content (AvgIpc) is 2.44. The molecule has 1 unspecified atom stereocenters. The van der Waals surface area contributed by atoms with Gasteiger partial charge in [-0.2, -0.15) is 0 Å². The van der Waals surface area contributed by atoms with E-state index in [-0.39, 0.29) is 10.9 Å². The first-order valence-corrected chi connectivity index (χ1v) is 8.37. The molecular formula is C14H24N2O3S. The van der Waals surface area contributed by atoms with E-state index in [4.69, 9.17) is 4.74 Å². The highest BCUT2D eigenvalue weighted by molar-refractivity contribution is 7.89. The van der Waals surface area contributed by atoms with Crippen LogP contribution in [0.25, 0.3) is 0 Å². The molecule has 0 saturated carbocycles. The van der Waals surface area contributed by atoms with Gasteiger partial charge in [-0.15, -0.1) is 0 Å². The molecule has 0 saturated heterocycles. The topological polar surface area (TPSA) is 67.4 Å². The van der Waals surface area contributed by atoms with Crippen molar-refractivity contribution < 1.29 is 13.2 Å². The van der Waals surface area contributed by atoms with E-state index in [0.29, 0.717) is 18.7 Å². The molecule has 1 aromatic carbocycles. The molecule has 0 aliphatic carbocycles. The second kappa shape index (κ2) is 8.24. The van der Waals surface area contributed by atoms with Crippen molar-refractivity contribution in [2.24, 2.45) is 0 Å². The Kier molecular flexibility index (Phi) is 6.98. The Bertz CT molecular complexity index is 503. The van der Waals surface area contributed by atoms with Crippen LogP contribution in [-0.4, -0.2) is 34.7 Å². The van der Waals surface area contributed by atoms with E-state index in [1.54, 1.807) is 25.3 Å². The van der Waals surface area contributed by atoms with Gasteiger partial charge in [0.15, 0.2) is 0 Å². The number of benzene rings is 1. The number of para-hydroxylation sites is 1. The highest BCUT2D eigenvalue weighted by Crippen LogP contribution is 2.21. The summed E-state index contributed by atoms with van der Waals surface area (Å²) in [5.74, 6) is 0. The van der Waals surface area contributed by atoms with Gasteiger partial charge in [-0.25, -0.2) is 13.1 Å². The summed E-state index contributed by atoms with van der Waals surface area (Å²) in [7, 11) is -1.98. The van der Waals surface area contributed by atoms with Crippen LogP contribution in [0.1, 0.15) is 26.7 Å². The van der Waals surface area contributed by atoms with Crippen LogP contribution in [-0.2, 0) is 14.8 Å². The zero-order chi connectivity index (χ0) is 15.0. The van der Waals surface area contributed by atoms with Crippen LogP contribution in [0.4, 0.5) is 5.69 Å². The average molecular weight is 300 g/mol. The number of sulfonamides is 1. The van der Waals surface area contributed by atoms with Crippen molar-refractivity contribution in [1.29, 1.82) is 0 Å². The maximum atomic E-state index is 12.5. The summed E-state index contributed by atoms with van der Waals surface area (Å²) >= 11 is 0. The van der Waals surface area contributed by atoms with Gasteiger partial charge in [-0.1, -0.05) is 26.0 Å². The lowest BCUT2D eigenvalue weighted by Gasteiger charge is -2.18. The zero-order valence-corrected chi connectivity index (χ0v) is 13.2. The van der Waals surface area contributed by atoms with Crippen LogP contribution in [0.5, 0.6) is 0 Å². The lowest BCUT2D eigenvalue weighted by atomic mass is 10.3. The van der Waals surface area contributed by atoms with E-state index in [2.05, 4.69) is 10.0 Å². The summed E-state index contributed by atoms with van der Waals surface area (Å²) in [6.45, 7) is 5.06. The number of methoxy groups -OCH3 is 1. The monoisotopic (exact) mass is 300 g/mol. The first-order valence-electron chi connectivity index (χ1n) is 6.89. The summed E-state index contributed by atoms with van der Waals surface area (Å²) in [4.78, 5) is 0.281. The van der Waals surface area contributed by atoms with E-state index in [1.165, 1.54) is 0 Å². The lowest BCUT2D eigenvalue weighted by Crippen LogP contribution is -2.37. The molecule has 0 aliphatic rings. The van der Waals surface area contributed by atoms with Crippen LogP contribution < -0.4 is 10.0 Å². The lowest BCUT2D eigenvalue weighted by molar-refractivity contribution is 0.173. The standard InChI is InChI=1S/C14H24N2O3S/c1-4-10-15-13-8-6-7-9-14(13)20(17,18)16-12(5-2)11-19-3/h6-9,12,15-16H,4-5,10-11H2,1-3H3. The van der Waals surface area contributed by atoms with E-state index in [9.17, 15) is 8.42 Å². The van der Waals surface area contributed by atoms with Crippen molar-refractivity contribution in [3.63, 3.8) is 0 Å². The van der Waals surface area contributed by atoms with Crippen LogP contribution >= 0.6 is 0 Å². The van der Waals surface area contributed by atoms with Crippen molar-refractivity contribution in [1.82, 2.24) is 4.72 Å². The van der Waals surface area contributed by atoms with Gasteiger partial charge in [-0.3, -0.25) is 0 Å². The fraction of sp³-hybridized carbons (Fsp3) is 0.571. The van der Waals surface area contributed by atoms with E-state index in [1.807, 2.05) is 19.9 Å². The second-order valence-electron chi connectivity index (χ2n) is 4.60. The van der Waals surface area contributed by atoms with Crippen LogP contribution in [0.3, 0.4) is 0 Å². The summed E-state index contributed by atoms with van der Waals surface area (Å²) in [5, 5.41) is 3.14. The Morgan fingerprint density at radius 2 is 1.95 bits per heavy atom. The molecule has 1 rings (SSSR count). The number of ether oxygens (including phenoxy) is 1.